The molecule has 2 aromatic rings. The minimum atomic E-state index is 0.836. The molecule has 0 spiro atoms. The van der Waals surface area contributed by atoms with Gasteiger partial charge in [0.2, 0.25) is 0 Å². The Morgan fingerprint density at radius 2 is 2.24 bits per heavy atom. The van der Waals surface area contributed by atoms with Crippen LogP contribution >= 0.6 is 11.3 Å². The highest BCUT2D eigenvalue weighted by Crippen LogP contribution is 2.21. The highest BCUT2D eigenvalue weighted by atomic mass is 32.1. The van der Waals surface area contributed by atoms with Gasteiger partial charge in [0.15, 0.2) is 0 Å². The van der Waals surface area contributed by atoms with Gasteiger partial charge in [-0.3, -0.25) is 4.98 Å². The van der Waals surface area contributed by atoms with Crippen LogP contribution < -0.4 is 5.32 Å². The van der Waals surface area contributed by atoms with E-state index in [1.165, 1.54) is 10.6 Å². The molecule has 90 valence electrons. The summed E-state index contributed by atoms with van der Waals surface area (Å²) in [6, 6.07) is 6.01. The number of nitrogens with one attached hydrogen (secondary N) is 1. The first-order valence-electron chi connectivity index (χ1n) is 5.85. The molecule has 17 heavy (non-hydrogen) atoms. The number of hydrogen-bond donors (Lipinski definition) is 1. The van der Waals surface area contributed by atoms with Gasteiger partial charge in [0.05, 0.1) is 10.7 Å². The van der Waals surface area contributed by atoms with Crippen LogP contribution in [0.1, 0.15) is 28.2 Å². The second-order valence-corrected chi connectivity index (χ2v) is 5.03. The van der Waals surface area contributed by atoms with E-state index in [-0.39, 0.29) is 0 Å². The summed E-state index contributed by atoms with van der Waals surface area (Å²) in [7, 11) is 1.97. The SMILES string of the molecule is CCc1nc(Cc2ccccn2)sc1CNC. The lowest BCUT2D eigenvalue weighted by Crippen LogP contribution is -2.05. The monoisotopic (exact) mass is 247 g/mol. The molecule has 0 fully saturated rings. The highest BCUT2D eigenvalue weighted by molar-refractivity contribution is 7.11. The maximum atomic E-state index is 4.68. The van der Waals surface area contributed by atoms with Crippen molar-refractivity contribution >= 4 is 11.3 Å². The highest BCUT2D eigenvalue weighted by Gasteiger charge is 2.09. The van der Waals surface area contributed by atoms with Gasteiger partial charge in [-0.2, -0.15) is 0 Å². The fraction of sp³-hybridized carbons (Fsp3) is 0.385. The van der Waals surface area contributed by atoms with Crippen molar-refractivity contribution in [3.05, 3.63) is 45.7 Å². The number of nitrogens with zero attached hydrogens (tertiary/aromatic N) is 2. The Morgan fingerprint density at radius 1 is 1.35 bits per heavy atom. The zero-order valence-electron chi connectivity index (χ0n) is 10.2. The second-order valence-electron chi connectivity index (χ2n) is 3.86. The Labute approximate surface area is 106 Å². The third-order valence-corrected chi connectivity index (χ3v) is 3.65. The van der Waals surface area contributed by atoms with Gasteiger partial charge in [0, 0.05) is 29.7 Å². The first-order valence-corrected chi connectivity index (χ1v) is 6.67. The fourth-order valence-corrected chi connectivity index (χ4v) is 2.93. The van der Waals surface area contributed by atoms with Crippen LogP contribution in [0.5, 0.6) is 0 Å². The summed E-state index contributed by atoms with van der Waals surface area (Å²) in [5, 5.41) is 4.35. The lowest BCUT2D eigenvalue weighted by atomic mass is 10.2. The minimum absolute atomic E-state index is 0.836. The average Bonchev–Trinajstić information content (AvgIpc) is 2.73. The lowest BCUT2D eigenvalue weighted by Gasteiger charge is -1.96. The van der Waals surface area contributed by atoms with Crippen molar-refractivity contribution in [1.29, 1.82) is 0 Å². The summed E-state index contributed by atoms with van der Waals surface area (Å²) < 4.78 is 0. The molecule has 0 saturated heterocycles. The molecule has 0 aliphatic heterocycles. The molecular weight excluding hydrogens is 230 g/mol. The second kappa shape index (κ2) is 5.89. The van der Waals surface area contributed by atoms with Crippen LogP contribution in [-0.2, 0) is 19.4 Å². The molecular formula is C13H17N3S. The molecule has 0 bridgehead atoms. The largest absolute Gasteiger partial charge is 0.315 e. The van der Waals surface area contributed by atoms with Gasteiger partial charge < -0.3 is 5.32 Å². The van der Waals surface area contributed by atoms with E-state index in [9.17, 15) is 0 Å². The number of aryl methyl sites for hydroxylation is 1. The molecule has 0 aliphatic carbocycles. The summed E-state index contributed by atoms with van der Waals surface area (Å²) in [4.78, 5) is 10.4. The first-order chi connectivity index (χ1) is 8.33. The molecule has 3 nitrogen and oxygen atoms in total. The summed E-state index contributed by atoms with van der Waals surface area (Å²) in [5.41, 5.74) is 2.30. The number of pyridine rings is 1. The van der Waals surface area contributed by atoms with E-state index in [2.05, 4.69) is 22.2 Å². The van der Waals surface area contributed by atoms with E-state index < -0.39 is 0 Å². The van der Waals surface area contributed by atoms with Crippen molar-refractivity contribution in [2.24, 2.45) is 0 Å². The van der Waals surface area contributed by atoms with Gasteiger partial charge in [-0.25, -0.2) is 4.98 Å². The molecule has 0 radical (unpaired) electrons. The van der Waals surface area contributed by atoms with Crippen LogP contribution in [0, 0.1) is 0 Å². The van der Waals surface area contributed by atoms with Crippen molar-refractivity contribution in [1.82, 2.24) is 15.3 Å². The molecule has 0 aliphatic rings. The molecule has 4 heteroatoms. The smallest absolute Gasteiger partial charge is 0.0991 e. The first kappa shape index (κ1) is 12.2. The van der Waals surface area contributed by atoms with Crippen LogP contribution in [0.15, 0.2) is 24.4 Å². The molecule has 0 aromatic carbocycles. The number of hydrogen-bond acceptors (Lipinski definition) is 4. The molecule has 2 aromatic heterocycles. The van der Waals surface area contributed by atoms with Gasteiger partial charge in [0.1, 0.15) is 0 Å². The third kappa shape index (κ3) is 3.11. The summed E-state index contributed by atoms with van der Waals surface area (Å²) in [6.07, 6.45) is 3.66. The van der Waals surface area contributed by atoms with Crippen LogP contribution in [0.3, 0.4) is 0 Å². The summed E-state index contributed by atoms with van der Waals surface area (Å²) >= 11 is 1.79. The maximum Gasteiger partial charge on any atom is 0.0991 e. The Bertz CT molecular complexity index is 465. The minimum Gasteiger partial charge on any atom is -0.315 e. The topological polar surface area (TPSA) is 37.8 Å². The van der Waals surface area contributed by atoms with E-state index in [1.807, 2.05) is 31.4 Å². The lowest BCUT2D eigenvalue weighted by molar-refractivity contribution is 0.813. The summed E-state index contributed by atoms with van der Waals surface area (Å²) in [5.74, 6) is 0. The van der Waals surface area contributed by atoms with E-state index in [1.54, 1.807) is 11.3 Å². The number of thiazole rings is 1. The maximum absolute atomic E-state index is 4.68. The van der Waals surface area contributed by atoms with E-state index in [4.69, 9.17) is 0 Å². The van der Waals surface area contributed by atoms with Crippen LogP contribution in [0.25, 0.3) is 0 Å². The van der Waals surface area contributed by atoms with E-state index in [0.29, 0.717) is 0 Å². The molecule has 0 unspecified atom stereocenters. The third-order valence-electron chi connectivity index (χ3n) is 2.55. The van der Waals surface area contributed by atoms with E-state index >= 15 is 0 Å². The molecule has 1 N–H and O–H groups in total. The van der Waals surface area contributed by atoms with Crippen molar-refractivity contribution in [3.63, 3.8) is 0 Å². The van der Waals surface area contributed by atoms with Crippen molar-refractivity contribution in [2.75, 3.05) is 7.05 Å². The fourth-order valence-electron chi connectivity index (χ4n) is 1.74. The Kier molecular flexibility index (Phi) is 4.23. The Hall–Kier alpha value is -1.26. The Balaban J connectivity index is 2.16. The van der Waals surface area contributed by atoms with E-state index in [0.717, 1.165) is 30.1 Å². The normalized spacial score (nSPS) is 10.7. The van der Waals surface area contributed by atoms with Crippen molar-refractivity contribution < 1.29 is 0 Å². The van der Waals surface area contributed by atoms with Gasteiger partial charge in [-0.15, -0.1) is 11.3 Å². The van der Waals surface area contributed by atoms with Crippen LogP contribution in [-0.4, -0.2) is 17.0 Å². The molecule has 2 rings (SSSR count). The standard InChI is InChI=1S/C13H17N3S/c1-3-11-12(9-14-2)17-13(16-11)8-10-6-4-5-7-15-10/h4-7,14H,3,8-9H2,1-2H3. The predicted molar refractivity (Wildman–Crippen MR) is 71.3 cm³/mol. The van der Waals surface area contributed by atoms with Crippen LogP contribution in [0.4, 0.5) is 0 Å². The Morgan fingerprint density at radius 3 is 2.88 bits per heavy atom. The van der Waals surface area contributed by atoms with Gasteiger partial charge in [-0.1, -0.05) is 13.0 Å². The summed E-state index contributed by atoms with van der Waals surface area (Å²) in [6.45, 7) is 3.06. The molecule has 0 atom stereocenters. The van der Waals surface area contributed by atoms with Gasteiger partial charge >= 0.3 is 0 Å². The van der Waals surface area contributed by atoms with Gasteiger partial charge in [-0.05, 0) is 25.6 Å². The quantitative estimate of drug-likeness (QED) is 0.881. The predicted octanol–water partition coefficient (Wildman–Crippen LogP) is 2.41. The van der Waals surface area contributed by atoms with Crippen molar-refractivity contribution in [3.8, 4) is 0 Å². The average molecular weight is 247 g/mol. The van der Waals surface area contributed by atoms with Crippen molar-refractivity contribution in [2.45, 2.75) is 26.3 Å². The zero-order valence-corrected chi connectivity index (χ0v) is 11.0. The number of rotatable bonds is 5. The molecule has 2 heterocycles. The molecule has 0 amide bonds. The van der Waals surface area contributed by atoms with Crippen LogP contribution in [0.2, 0.25) is 0 Å². The van der Waals surface area contributed by atoms with Gasteiger partial charge in [0.25, 0.3) is 0 Å². The number of aromatic nitrogens is 2. The zero-order chi connectivity index (χ0) is 12.1. The molecule has 0 saturated carbocycles.